The van der Waals surface area contributed by atoms with Crippen molar-refractivity contribution in [3.05, 3.63) is 21.4 Å². The van der Waals surface area contributed by atoms with Crippen molar-refractivity contribution in [2.75, 3.05) is 26.7 Å². The molecule has 1 saturated heterocycles. The maximum absolute atomic E-state index is 6.39. The van der Waals surface area contributed by atoms with Crippen LogP contribution in [0.4, 0.5) is 0 Å². The summed E-state index contributed by atoms with van der Waals surface area (Å²) in [4.78, 5) is 16.3. The average Bonchev–Trinajstić information content (AvgIpc) is 2.69. The molecule has 0 aromatic carbocycles. The molecular weight excluding hydrogens is 304 g/mol. The van der Waals surface area contributed by atoms with E-state index in [0.717, 1.165) is 42.2 Å². The second-order valence-corrected chi connectivity index (χ2v) is 7.54. The molecule has 0 spiro atoms. The van der Waals surface area contributed by atoms with Gasteiger partial charge < -0.3 is 4.90 Å². The summed E-state index contributed by atoms with van der Waals surface area (Å²) in [5.74, 6) is 0.838. The van der Waals surface area contributed by atoms with Gasteiger partial charge in [0.1, 0.15) is 15.8 Å². The number of piperazine rings is 1. The van der Waals surface area contributed by atoms with E-state index < -0.39 is 0 Å². The van der Waals surface area contributed by atoms with E-state index in [1.165, 1.54) is 10.4 Å². The maximum atomic E-state index is 6.39. The van der Waals surface area contributed by atoms with Gasteiger partial charge in [0.05, 0.1) is 11.9 Å². The Morgan fingerprint density at radius 1 is 1.29 bits per heavy atom. The van der Waals surface area contributed by atoms with Crippen LogP contribution in [0.15, 0.2) is 0 Å². The standard InChI is InChI=1S/C15H21ClN4S/c1-9-7-19(4)5-6-20(9)8-12-17-14(16)13-10(2)11(3)21-15(13)18-12/h9H,5-8H2,1-4H3. The van der Waals surface area contributed by atoms with Crippen LogP contribution in [0.3, 0.4) is 0 Å². The third-order valence-corrected chi connectivity index (χ3v) is 5.72. The molecule has 1 atom stereocenters. The fraction of sp³-hybridized carbons (Fsp3) is 0.600. The first-order valence-corrected chi connectivity index (χ1v) is 8.50. The number of nitrogens with zero attached hydrogens (tertiary/aromatic N) is 4. The van der Waals surface area contributed by atoms with E-state index in [4.69, 9.17) is 16.6 Å². The first-order valence-electron chi connectivity index (χ1n) is 7.30. The van der Waals surface area contributed by atoms with Gasteiger partial charge in [-0.2, -0.15) is 0 Å². The van der Waals surface area contributed by atoms with Gasteiger partial charge in [-0.1, -0.05) is 11.6 Å². The molecule has 0 saturated carbocycles. The summed E-state index contributed by atoms with van der Waals surface area (Å²) in [6.07, 6.45) is 0. The molecule has 0 aliphatic carbocycles. The summed E-state index contributed by atoms with van der Waals surface area (Å²) in [5.41, 5.74) is 1.21. The van der Waals surface area contributed by atoms with Crippen molar-refractivity contribution in [2.45, 2.75) is 33.4 Å². The third-order valence-electron chi connectivity index (χ3n) is 4.34. The largest absolute Gasteiger partial charge is 0.304 e. The zero-order chi connectivity index (χ0) is 15.1. The zero-order valence-electron chi connectivity index (χ0n) is 13.0. The van der Waals surface area contributed by atoms with E-state index in [9.17, 15) is 0 Å². The minimum Gasteiger partial charge on any atom is -0.304 e. The lowest BCUT2D eigenvalue weighted by molar-refractivity contribution is 0.0916. The van der Waals surface area contributed by atoms with Crippen LogP contribution < -0.4 is 0 Å². The molecule has 1 aliphatic rings. The Labute approximate surface area is 134 Å². The van der Waals surface area contributed by atoms with Gasteiger partial charge in [-0.15, -0.1) is 11.3 Å². The van der Waals surface area contributed by atoms with Crippen LogP contribution in [0.1, 0.15) is 23.2 Å². The van der Waals surface area contributed by atoms with E-state index in [1.54, 1.807) is 11.3 Å². The predicted molar refractivity (Wildman–Crippen MR) is 89.3 cm³/mol. The smallest absolute Gasteiger partial charge is 0.145 e. The highest BCUT2D eigenvalue weighted by Crippen LogP contribution is 2.33. The van der Waals surface area contributed by atoms with Crippen LogP contribution >= 0.6 is 22.9 Å². The van der Waals surface area contributed by atoms with Gasteiger partial charge in [0.15, 0.2) is 0 Å². The number of rotatable bonds is 2. The quantitative estimate of drug-likeness (QED) is 0.795. The highest BCUT2D eigenvalue weighted by atomic mass is 35.5. The molecule has 0 bridgehead atoms. The minimum atomic E-state index is 0.522. The molecule has 4 nitrogen and oxygen atoms in total. The van der Waals surface area contributed by atoms with Crippen LogP contribution in [0.2, 0.25) is 5.15 Å². The SMILES string of the molecule is Cc1sc2nc(CN3CCN(C)CC3C)nc(Cl)c2c1C. The Balaban J connectivity index is 1.88. The third kappa shape index (κ3) is 2.93. The van der Waals surface area contributed by atoms with Crippen LogP contribution in [-0.2, 0) is 6.54 Å². The molecule has 0 N–H and O–H groups in total. The van der Waals surface area contributed by atoms with Crippen molar-refractivity contribution in [1.82, 2.24) is 19.8 Å². The van der Waals surface area contributed by atoms with Gasteiger partial charge in [0.25, 0.3) is 0 Å². The molecule has 3 heterocycles. The lowest BCUT2D eigenvalue weighted by Crippen LogP contribution is -2.50. The number of fused-ring (bicyclic) bond motifs is 1. The molecule has 2 aromatic rings. The van der Waals surface area contributed by atoms with Gasteiger partial charge in [0, 0.05) is 30.6 Å². The predicted octanol–water partition coefficient (Wildman–Crippen LogP) is 3.10. The first-order chi connectivity index (χ1) is 9.95. The second kappa shape index (κ2) is 5.80. The molecule has 0 amide bonds. The number of hydrogen-bond acceptors (Lipinski definition) is 5. The summed E-state index contributed by atoms with van der Waals surface area (Å²) >= 11 is 8.09. The normalized spacial score (nSPS) is 21.3. The van der Waals surface area contributed by atoms with Crippen LogP contribution in [0, 0.1) is 13.8 Å². The van der Waals surface area contributed by atoms with Crippen LogP contribution in [0.25, 0.3) is 10.2 Å². The number of aryl methyl sites for hydroxylation is 2. The molecule has 1 unspecified atom stereocenters. The Hall–Kier alpha value is -0.750. The Morgan fingerprint density at radius 2 is 2.05 bits per heavy atom. The summed E-state index contributed by atoms with van der Waals surface area (Å²) in [7, 11) is 2.17. The molecule has 6 heteroatoms. The highest BCUT2D eigenvalue weighted by Gasteiger charge is 2.23. The van der Waals surface area contributed by atoms with E-state index in [-0.39, 0.29) is 0 Å². The van der Waals surface area contributed by atoms with E-state index in [1.807, 2.05) is 0 Å². The molecule has 1 fully saturated rings. The molecule has 21 heavy (non-hydrogen) atoms. The van der Waals surface area contributed by atoms with Crippen LogP contribution in [-0.4, -0.2) is 52.5 Å². The van der Waals surface area contributed by atoms with Gasteiger partial charge in [-0.3, -0.25) is 4.90 Å². The number of aromatic nitrogens is 2. The number of likely N-dealkylation sites (N-methyl/N-ethyl adjacent to an activating group) is 1. The first kappa shape index (κ1) is 15.2. The molecular formula is C15H21ClN4S. The monoisotopic (exact) mass is 324 g/mol. The molecule has 3 rings (SSSR count). The zero-order valence-corrected chi connectivity index (χ0v) is 14.6. The Bertz CT molecular complexity index is 669. The molecule has 2 aromatic heterocycles. The average molecular weight is 325 g/mol. The molecule has 0 radical (unpaired) electrons. The summed E-state index contributed by atoms with van der Waals surface area (Å²) in [6.45, 7) is 10.5. The van der Waals surface area contributed by atoms with Crippen molar-refractivity contribution in [3.63, 3.8) is 0 Å². The number of halogens is 1. The highest BCUT2D eigenvalue weighted by molar-refractivity contribution is 7.18. The van der Waals surface area contributed by atoms with Crippen molar-refractivity contribution >= 4 is 33.2 Å². The fourth-order valence-corrected chi connectivity index (χ4v) is 4.34. The maximum Gasteiger partial charge on any atom is 0.145 e. The number of hydrogen-bond donors (Lipinski definition) is 0. The Morgan fingerprint density at radius 3 is 2.76 bits per heavy atom. The topological polar surface area (TPSA) is 32.3 Å². The lowest BCUT2D eigenvalue weighted by atomic mass is 10.2. The van der Waals surface area contributed by atoms with Crippen molar-refractivity contribution < 1.29 is 0 Å². The summed E-state index contributed by atoms with van der Waals surface area (Å²) in [5, 5.41) is 1.62. The van der Waals surface area contributed by atoms with Crippen molar-refractivity contribution in [2.24, 2.45) is 0 Å². The molecule has 1 aliphatic heterocycles. The van der Waals surface area contributed by atoms with Gasteiger partial charge >= 0.3 is 0 Å². The summed E-state index contributed by atoms with van der Waals surface area (Å²) < 4.78 is 0. The van der Waals surface area contributed by atoms with Crippen LogP contribution in [0.5, 0.6) is 0 Å². The number of thiophene rings is 1. The van der Waals surface area contributed by atoms with Gasteiger partial charge in [-0.25, -0.2) is 9.97 Å². The minimum absolute atomic E-state index is 0.522. The van der Waals surface area contributed by atoms with E-state index in [2.05, 4.69) is 42.6 Å². The fourth-order valence-electron chi connectivity index (χ4n) is 2.91. The second-order valence-electron chi connectivity index (χ2n) is 5.98. The van der Waals surface area contributed by atoms with Crippen molar-refractivity contribution in [3.8, 4) is 0 Å². The van der Waals surface area contributed by atoms with E-state index in [0.29, 0.717) is 11.2 Å². The van der Waals surface area contributed by atoms with Gasteiger partial charge in [-0.05, 0) is 33.4 Å². The van der Waals surface area contributed by atoms with E-state index >= 15 is 0 Å². The molecule has 114 valence electrons. The van der Waals surface area contributed by atoms with Crippen molar-refractivity contribution in [1.29, 1.82) is 0 Å². The van der Waals surface area contributed by atoms with Gasteiger partial charge in [0.2, 0.25) is 0 Å². The Kier molecular flexibility index (Phi) is 4.19. The lowest BCUT2D eigenvalue weighted by Gasteiger charge is -2.37. The summed E-state index contributed by atoms with van der Waals surface area (Å²) in [6, 6.07) is 0.522.